The van der Waals surface area contributed by atoms with Gasteiger partial charge in [0.05, 0.1) is 6.10 Å². The number of hydrogen-bond acceptors (Lipinski definition) is 3. The summed E-state index contributed by atoms with van der Waals surface area (Å²) in [6.45, 7) is 6.44. The van der Waals surface area contributed by atoms with Gasteiger partial charge in [-0.2, -0.15) is 0 Å². The van der Waals surface area contributed by atoms with Crippen LogP contribution in [-0.2, 0) is 17.8 Å². The van der Waals surface area contributed by atoms with Crippen LogP contribution in [0.5, 0.6) is 0 Å². The topological polar surface area (TPSA) is 38.5 Å². The molecule has 0 spiro atoms. The SMILES string of the molecule is CC1CN(Cc2ccc(CN)cc2Cl)CCCO1. The Morgan fingerprint density at radius 3 is 3.06 bits per heavy atom. The van der Waals surface area contributed by atoms with E-state index in [1.807, 2.05) is 6.07 Å². The van der Waals surface area contributed by atoms with Crippen molar-refractivity contribution in [3.8, 4) is 0 Å². The van der Waals surface area contributed by atoms with Gasteiger partial charge in [0.2, 0.25) is 0 Å². The molecule has 1 unspecified atom stereocenters. The van der Waals surface area contributed by atoms with Crippen molar-refractivity contribution in [2.24, 2.45) is 5.73 Å². The highest BCUT2D eigenvalue weighted by Gasteiger charge is 2.16. The van der Waals surface area contributed by atoms with Crippen molar-refractivity contribution in [3.63, 3.8) is 0 Å². The van der Waals surface area contributed by atoms with Gasteiger partial charge >= 0.3 is 0 Å². The Morgan fingerprint density at radius 2 is 2.33 bits per heavy atom. The molecule has 2 rings (SSSR count). The quantitative estimate of drug-likeness (QED) is 0.915. The molecule has 0 saturated carbocycles. The molecule has 1 aromatic carbocycles. The van der Waals surface area contributed by atoms with Crippen molar-refractivity contribution in [1.29, 1.82) is 0 Å². The third-order valence-electron chi connectivity index (χ3n) is 3.28. The van der Waals surface area contributed by atoms with Gasteiger partial charge in [0, 0.05) is 37.8 Å². The first-order valence-corrected chi connectivity index (χ1v) is 6.88. The lowest BCUT2D eigenvalue weighted by Crippen LogP contribution is -2.29. The van der Waals surface area contributed by atoms with Crippen LogP contribution < -0.4 is 5.73 Å². The van der Waals surface area contributed by atoms with Gasteiger partial charge in [-0.05, 0) is 30.5 Å². The Kier molecular flexibility index (Phi) is 5.01. The van der Waals surface area contributed by atoms with Crippen LogP contribution in [-0.4, -0.2) is 30.7 Å². The van der Waals surface area contributed by atoms with Crippen LogP contribution >= 0.6 is 11.6 Å². The smallest absolute Gasteiger partial charge is 0.0674 e. The van der Waals surface area contributed by atoms with E-state index in [9.17, 15) is 0 Å². The van der Waals surface area contributed by atoms with Crippen LogP contribution in [0.1, 0.15) is 24.5 Å². The lowest BCUT2D eigenvalue weighted by molar-refractivity contribution is 0.0668. The molecule has 1 aliphatic heterocycles. The number of halogens is 1. The fourth-order valence-electron chi connectivity index (χ4n) is 2.31. The first-order valence-electron chi connectivity index (χ1n) is 6.50. The maximum atomic E-state index is 6.29. The van der Waals surface area contributed by atoms with E-state index in [0.29, 0.717) is 12.6 Å². The average molecular weight is 269 g/mol. The molecule has 1 heterocycles. The van der Waals surface area contributed by atoms with Crippen LogP contribution in [0.15, 0.2) is 18.2 Å². The predicted octanol–water partition coefficient (Wildman–Crippen LogP) is 2.41. The van der Waals surface area contributed by atoms with E-state index < -0.39 is 0 Å². The Labute approximate surface area is 114 Å². The molecule has 0 bridgehead atoms. The molecule has 18 heavy (non-hydrogen) atoms. The van der Waals surface area contributed by atoms with Gasteiger partial charge in [0.25, 0.3) is 0 Å². The highest BCUT2D eigenvalue weighted by Crippen LogP contribution is 2.20. The molecule has 0 amide bonds. The second kappa shape index (κ2) is 6.53. The van der Waals surface area contributed by atoms with Crippen LogP contribution in [0.25, 0.3) is 0 Å². The van der Waals surface area contributed by atoms with Crippen LogP contribution in [0.4, 0.5) is 0 Å². The van der Waals surface area contributed by atoms with E-state index in [1.54, 1.807) is 0 Å². The Bertz CT molecular complexity index is 397. The lowest BCUT2D eigenvalue weighted by atomic mass is 10.1. The van der Waals surface area contributed by atoms with E-state index in [0.717, 1.165) is 43.2 Å². The van der Waals surface area contributed by atoms with Gasteiger partial charge in [0.15, 0.2) is 0 Å². The normalized spacial score (nSPS) is 21.8. The van der Waals surface area contributed by atoms with E-state index >= 15 is 0 Å². The minimum absolute atomic E-state index is 0.301. The van der Waals surface area contributed by atoms with Crippen molar-refractivity contribution in [2.75, 3.05) is 19.7 Å². The van der Waals surface area contributed by atoms with E-state index in [1.165, 1.54) is 5.56 Å². The second-order valence-corrected chi connectivity index (χ2v) is 5.31. The van der Waals surface area contributed by atoms with Crippen molar-refractivity contribution in [3.05, 3.63) is 34.3 Å². The highest BCUT2D eigenvalue weighted by atomic mass is 35.5. The number of benzene rings is 1. The maximum absolute atomic E-state index is 6.29. The maximum Gasteiger partial charge on any atom is 0.0674 e. The molecule has 0 aliphatic carbocycles. The predicted molar refractivity (Wildman–Crippen MR) is 74.7 cm³/mol. The first-order chi connectivity index (χ1) is 8.69. The van der Waals surface area contributed by atoms with Gasteiger partial charge in [-0.25, -0.2) is 0 Å². The molecule has 3 nitrogen and oxygen atoms in total. The molecule has 1 aromatic rings. The van der Waals surface area contributed by atoms with Crippen molar-refractivity contribution < 1.29 is 4.74 Å². The molecular formula is C14H21ClN2O. The molecule has 1 atom stereocenters. The van der Waals surface area contributed by atoms with Crippen molar-refractivity contribution in [1.82, 2.24) is 4.90 Å². The van der Waals surface area contributed by atoms with Gasteiger partial charge in [-0.1, -0.05) is 23.7 Å². The monoisotopic (exact) mass is 268 g/mol. The summed E-state index contributed by atoms with van der Waals surface area (Å²) in [5, 5.41) is 0.816. The summed E-state index contributed by atoms with van der Waals surface area (Å²) in [4.78, 5) is 2.40. The van der Waals surface area contributed by atoms with Crippen LogP contribution in [0.3, 0.4) is 0 Å². The van der Waals surface area contributed by atoms with Gasteiger partial charge in [-0.15, -0.1) is 0 Å². The number of ether oxygens (including phenoxy) is 1. The summed E-state index contributed by atoms with van der Waals surface area (Å²) in [5.74, 6) is 0. The molecule has 1 aliphatic rings. The number of rotatable bonds is 3. The number of hydrogen-bond donors (Lipinski definition) is 1. The van der Waals surface area contributed by atoms with Gasteiger partial charge in [-0.3, -0.25) is 4.90 Å². The van der Waals surface area contributed by atoms with Gasteiger partial charge < -0.3 is 10.5 Å². The first kappa shape index (κ1) is 13.8. The van der Waals surface area contributed by atoms with Gasteiger partial charge in [0.1, 0.15) is 0 Å². The number of nitrogens with two attached hydrogens (primary N) is 1. The van der Waals surface area contributed by atoms with E-state index in [-0.39, 0.29) is 0 Å². The minimum atomic E-state index is 0.301. The Balaban J connectivity index is 2.03. The van der Waals surface area contributed by atoms with E-state index in [2.05, 4.69) is 24.0 Å². The zero-order chi connectivity index (χ0) is 13.0. The summed E-state index contributed by atoms with van der Waals surface area (Å²) in [6.07, 6.45) is 1.39. The molecule has 2 N–H and O–H groups in total. The molecule has 0 aromatic heterocycles. The van der Waals surface area contributed by atoms with Crippen molar-refractivity contribution in [2.45, 2.75) is 32.5 Å². The number of nitrogens with zero attached hydrogens (tertiary/aromatic N) is 1. The Hall–Kier alpha value is -0.610. The van der Waals surface area contributed by atoms with E-state index in [4.69, 9.17) is 22.1 Å². The van der Waals surface area contributed by atoms with Crippen LogP contribution in [0.2, 0.25) is 5.02 Å². The summed E-state index contributed by atoms with van der Waals surface area (Å²) in [5.41, 5.74) is 7.86. The third-order valence-corrected chi connectivity index (χ3v) is 3.64. The highest BCUT2D eigenvalue weighted by molar-refractivity contribution is 6.31. The zero-order valence-electron chi connectivity index (χ0n) is 10.9. The molecular weight excluding hydrogens is 248 g/mol. The summed E-state index contributed by atoms with van der Waals surface area (Å²) in [7, 11) is 0. The largest absolute Gasteiger partial charge is 0.377 e. The van der Waals surface area contributed by atoms with Crippen molar-refractivity contribution >= 4 is 11.6 Å². The lowest BCUT2D eigenvalue weighted by Gasteiger charge is -2.22. The molecule has 1 fully saturated rings. The standard InChI is InChI=1S/C14H21ClN2O/c1-11-9-17(5-2-6-18-11)10-13-4-3-12(8-16)7-14(13)15/h3-4,7,11H,2,5-6,8-10,16H2,1H3. The fraction of sp³-hybridized carbons (Fsp3) is 0.571. The third kappa shape index (κ3) is 3.69. The average Bonchev–Trinajstić information content (AvgIpc) is 2.56. The molecule has 0 radical (unpaired) electrons. The summed E-state index contributed by atoms with van der Waals surface area (Å²) >= 11 is 6.29. The fourth-order valence-corrected chi connectivity index (χ4v) is 2.57. The summed E-state index contributed by atoms with van der Waals surface area (Å²) < 4.78 is 5.65. The molecule has 100 valence electrons. The van der Waals surface area contributed by atoms with Crippen LogP contribution in [0, 0.1) is 0 Å². The molecule has 1 saturated heterocycles. The Morgan fingerprint density at radius 1 is 1.50 bits per heavy atom. The minimum Gasteiger partial charge on any atom is -0.377 e. The second-order valence-electron chi connectivity index (χ2n) is 4.90. The zero-order valence-corrected chi connectivity index (χ0v) is 11.6. The molecule has 4 heteroatoms. The summed E-state index contributed by atoms with van der Waals surface area (Å²) in [6, 6.07) is 6.11.